The highest BCUT2D eigenvalue weighted by atomic mass is 35.5. The smallest absolute Gasteiger partial charge is 0.325 e. The van der Waals surface area contributed by atoms with Crippen LogP contribution in [0.5, 0.6) is 0 Å². The fraction of sp³-hybridized carbons (Fsp3) is 0.409. The summed E-state index contributed by atoms with van der Waals surface area (Å²) in [4.78, 5) is 12.9. The molecule has 1 amide bonds. The predicted molar refractivity (Wildman–Crippen MR) is 117 cm³/mol. The van der Waals surface area contributed by atoms with Gasteiger partial charge in [0.1, 0.15) is 0 Å². The van der Waals surface area contributed by atoms with Gasteiger partial charge in [0.15, 0.2) is 0 Å². The minimum absolute atomic E-state index is 0.0875. The van der Waals surface area contributed by atoms with E-state index in [0.29, 0.717) is 11.1 Å². The maximum atomic E-state index is 13.3. The molecule has 2 aromatic carbocycles. The number of carbonyl (C=O) groups is 1. The van der Waals surface area contributed by atoms with E-state index in [4.69, 9.17) is 11.6 Å². The molecule has 174 valence electrons. The first kappa shape index (κ1) is 24.5. The number of amides is 1. The quantitative estimate of drug-likeness (QED) is 0.633. The number of sulfonamides is 1. The van der Waals surface area contributed by atoms with Gasteiger partial charge < -0.3 is 5.32 Å². The standard InChI is InChI=1S/C22H24ClF3N2O3S/c1-13-10-14(2)20(15(3)11-13)32(30,31)28-8-6-16(7-9-28)21(29)27-19-5-4-17(23)12-18(19)22(24,25)26/h4-5,10-12,16H,6-9H2,1-3H3,(H,27,29). The highest BCUT2D eigenvalue weighted by Crippen LogP contribution is 2.37. The second-order valence-corrected chi connectivity index (χ2v) is 10.4. The lowest BCUT2D eigenvalue weighted by atomic mass is 9.97. The number of piperidine rings is 1. The minimum Gasteiger partial charge on any atom is -0.325 e. The van der Waals surface area contributed by atoms with Crippen LogP contribution in [0.4, 0.5) is 18.9 Å². The van der Waals surface area contributed by atoms with Crippen molar-refractivity contribution >= 4 is 33.2 Å². The number of benzene rings is 2. The molecule has 10 heteroatoms. The van der Waals surface area contributed by atoms with Crippen molar-refractivity contribution in [2.24, 2.45) is 5.92 Å². The van der Waals surface area contributed by atoms with Crippen LogP contribution in [0.1, 0.15) is 35.1 Å². The van der Waals surface area contributed by atoms with E-state index in [1.807, 2.05) is 19.1 Å². The lowest BCUT2D eigenvalue weighted by Crippen LogP contribution is -2.41. The van der Waals surface area contributed by atoms with Crippen LogP contribution < -0.4 is 5.32 Å². The zero-order valence-electron chi connectivity index (χ0n) is 17.9. The summed E-state index contributed by atoms with van der Waals surface area (Å²) < 4.78 is 67.5. The van der Waals surface area contributed by atoms with Crippen molar-refractivity contribution < 1.29 is 26.4 Å². The molecule has 1 fully saturated rings. The van der Waals surface area contributed by atoms with Crippen LogP contribution in [-0.2, 0) is 21.0 Å². The SMILES string of the molecule is Cc1cc(C)c(S(=O)(=O)N2CCC(C(=O)Nc3ccc(Cl)cc3C(F)(F)F)CC2)c(C)c1. The Labute approximate surface area is 190 Å². The second kappa shape index (κ2) is 9.03. The van der Waals surface area contributed by atoms with Crippen LogP contribution in [0.15, 0.2) is 35.2 Å². The van der Waals surface area contributed by atoms with Crippen molar-refractivity contribution in [1.82, 2.24) is 4.31 Å². The fourth-order valence-corrected chi connectivity index (χ4v) is 6.21. The molecule has 0 radical (unpaired) electrons. The second-order valence-electron chi connectivity index (χ2n) is 8.08. The molecule has 32 heavy (non-hydrogen) atoms. The van der Waals surface area contributed by atoms with E-state index in [9.17, 15) is 26.4 Å². The number of alkyl halides is 3. The molecule has 1 heterocycles. The summed E-state index contributed by atoms with van der Waals surface area (Å²) in [6.07, 6.45) is -4.25. The first-order valence-electron chi connectivity index (χ1n) is 10.1. The average Bonchev–Trinajstić information content (AvgIpc) is 2.67. The number of aryl methyl sites for hydroxylation is 3. The van der Waals surface area contributed by atoms with Gasteiger partial charge in [-0.3, -0.25) is 4.79 Å². The van der Waals surface area contributed by atoms with Crippen LogP contribution >= 0.6 is 11.6 Å². The monoisotopic (exact) mass is 488 g/mol. The van der Waals surface area contributed by atoms with Gasteiger partial charge in [0.25, 0.3) is 0 Å². The van der Waals surface area contributed by atoms with Gasteiger partial charge in [0.05, 0.1) is 16.1 Å². The molecule has 1 aliphatic rings. The van der Waals surface area contributed by atoms with E-state index in [0.717, 1.165) is 17.7 Å². The van der Waals surface area contributed by atoms with Gasteiger partial charge in [0, 0.05) is 24.0 Å². The van der Waals surface area contributed by atoms with E-state index in [-0.39, 0.29) is 41.5 Å². The van der Waals surface area contributed by atoms with Gasteiger partial charge in [-0.1, -0.05) is 29.3 Å². The third-order valence-corrected chi connectivity index (χ3v) is 8.01. The number of hydrogen-bond donors (Lipinski definition) is 1. The Morgan fingerprint density at radius 2 is 1.62 bits per heavy atom. The Balaban J connectivity index is 1.72. The van der Waals surface area contributed by atoms with Crippen LogP contribution in [0.25, 0.3) is 0 Å². The molecule has 0 saturated carbocycles. The van der Waals surface area contributed by atoms with Crippen molar-refractivity contribution in [2.75, 3.05) is 18.4 Å². The molecule has 0 spiro atoms. The predicted octanol–water partition coefficient (Wildman–Crippen LogP) is 5.32. The van der Waals surface area contributed by atoms with Crippen molar-refractivity contribution in [3.8, 4) is 0 Å². The third-order valence-electron chi connectivity index (χ3n) is 5.57. The van der Waals surface area contributed by atoms with E-state index in [1.165, 1.54) is 10.4 Å². The zero-order chi connectivity index (χ0) is 23.8. The number of rotatable bonds is 4. The number of nitrogens with zero attached hydrogens (tertiary/aromatic N) is 1. The summed E-state index contributed by atoms with van der Waals surface area (Å²) in [5, 5.41) is 2.25. The summed E-state index contributed by atoms with van der Waals surface area (Å²) in [6, 6.07) is 6.77. The Morgan fingerprint density at radius 1 is 1.06 bits per heavy atom. The molecule has 5 nitrogen and oxygen atoms in total. The van der Waals surface area contributed by atoms with Gasteiger partial charge in [0.2, 0.25) is 15.9 Å². The number of hydrogen-bond acceptors (Lipinski definition) is 3. The third kappa shape index (κ3) is 5.10. The zero-order valence-corrected chi connectivity index (χ0v) is 19.5. The van der Waals surface area contributed by atoms with Gasteiger partial charge in [-0.2, -0.15) is 17.5 Å². The molecule has 0 aliphatic carbocycles. The molecule has 1 saturated heterocycles. The summed E-state index contributed by atoms with van der Waals surface area (Å²) >= 11 is 5.67. The highest BCUT2D eigenvalue weighted by Gasteiger charge is 2.36. The van der Waals surface area contributed by atoms with E-state index >= 15 is 0 Å². The normalized spacial score (nSPS) is 16.2. The number of halogens is 4. The summed E-state index contributed by atoms with van der Waals surface area (Å²) in [5.74, 6) is -1.17. The van der Waals surface area contributed by atoms with Gasteiger partial charge in [-0.25, -0.2) is 8.42 Å². The molecule has 2 aromatic rings. The maximum Gasteiger partial charge on any atom is 0.418 e. The Hall–Kier alpha value is -2.10. The molecule has 0 bridgehead atoms. The molecule has 0 unspecified atom stereocenters. The average molecular weight is 489 g/mol. The Morgan fingerprint density at radius 3 is 2.16 bits per heavy atom. The van der Waals surface area contributed by atoms with Crippen molar-refractivity contribution in [3.63, 3.8) is 0 Å². The van der Waals surface area contributed by atoms with E-state index in [1.54, 1.807) is 13.8 Å². The molecule has 0 atom stereocenters. The summed E-state index contributed by atoms with van der Waals surface area (Å²) in [6.45, 7) is 5.61. The first-order valence-corrected chi connectivity index (χ1v) is 11.9. The van der Waals surface area contributed by atoms with Crippen molar-refractivity contribution in [3.05, 3.63) is 57.6 Å². The maximum absolute atomic E-state index is 13.3. The number of anilines is 1. The van der Waals surface area contributed by atoms with Crippen LogP contribution in [-0.4, -0.2) is 31.7 Å². The van der Waals surface area contributed by atoms with Crippen LogP contribution in [0.2, 0.25) is 5.02 Å². The van der Waals surface area contributed by atoms with Crippen LogP contribution in [0, 0.1) is 26.7 Å². The largest absolute Gasteiger partial charge is 0.418 e. The summed E-state index contributed by atoms with van der Waals surface area (Å²) in [5.41, 5.74) is 0.890. The molecule has 1 N–H and O–H groups in total. The molecule has 0 aromatic heterocycles. The van der Waals surface area contributed by atoms with Gasteiger partial charge in [-0.15, -0.1) is 0 Å². The van der Waals surface area contributed by atoms with Gasteiger partial charge >= 0.3 is 6.18 Å². The van der Waals surface area contributed by atoms with E-state index < -0.39 is 33.6 Å². The Bertz CT molecular complexity index is 1120. The van der Waals surface area contributed by atoms with E-state index in [2.05, 4.69) is 5.32 Å². The van der Waals surface area contributed by atoms with Crippen molar-refractivity contribution in [2.45, 2.75) is 44.7 Å². The molecular formula is C22H24ClF3N2O3S. The highest BCUT2D eigenvalue weighted by molar-refractivity contribution is 7.89. The lowest BCUT2D eigenvalue weighted by Gasteiger charge is -2.31. The molecular weight excluding hydrogens is 465 g/mol. The number of carbonyl (C=O) groups excluding carboxylic acids is 1. The van der Waals surface area contributed by atoms with Gasteiger partial charge in [-0.05, 0) is 62.9 Å². The fourth-order valence-electron chi connectivity index (χ4n) is 4.16. The van der Waals surface area contributed by atoms with Crippen LogP contribution in [0.3, 0.4) is 0 Å². The number of nitrogens with one attached hydrogen (secondary N) is 1. The van der Waals surface area contributed by atoms with Crippen molar-refractivity contribution in [1.29, 1.82) is 0 Å². The Kier molecular flexibility index (Phi) is 6.93. The molecule has 3 rings (SSSR count). The summed E-state index contributed by atoms with van der Waals surface area (Å²) in [7, 11) is -3.74. The minimum atomic E-state index is -4.67. The lowest BCUT2D eigenvalue weighted by molar-refractivity contribution is -0.137. The topological polar surface area (TPSA) is 66.5 Å². The molecule has 1 aliphatic heterocycles. The first-order chi connectivity index (χ1) is 14.8.